The van der Waals surface area contributed by atoms with Crippen LogP contribution in [-0.2, 0) is 4.74 Å². The quantitative estimate of drug-likeness (QED) is 0.770. The summed E-state index contributed by atoms with van der Waals surface area (Å²) >= 11 is 12.3. The van der Waals surface area contributed by atoms with E-state index in [2.05, 4.69) is 0 Å². The highest BCUT2D eigenvalue weighted by molar-refractivity contribution is 6.36. The Morgan fingerprint density at radius 1 is 1.13 bits per heavy atom. The molecular weight excluding hydrogens is 233 g/mol. The fourth-order valence-electron chi connectivity index (χ4n) is 1.98. The van der Waals surface area contributed by atoms with Crippen molar-refractivity contribution in [2.24, 2.45) is 0 Å². The molecule has 15 heavy (non-hydrogen) atoms. The van der Waals surface area contributed by atoms with Crippen molar-refractivity contribution in [1.29, 1.82) is 0 Å². The molecule has 1 fully saturated rings. The molecule has 1 aromatic rings. The van der Waals surface area contributed by atoms with E-state index in [9.17, 15) is 0 Å². The zero-order valence-corrected chi connectivity index (χ0v) is 9.81. The van der Waals surface area contributed by atoms with Crippen LogP contribution in [0.15, 0.2) is 12.1 Å². The van der Waals surface area contributed by atoms with Crippen LogP contribution in [0.2, 0.25) is 10.0 Å². The number of hydrogen-bond acceptors (Lipinski definition) is 2. The first-order chi connectivity index (χ1) is 7.18. The Bertz CT molecular complexity index is 339. The van der Waals surface area contributed by atoms with E-state index in [1.165, 1.54) is 0 Å². The topological polar surface area (TPSA) is 35.2 Å². The highest BCUT2D eigenvalue weighted by Crippen LogP contribution is 2.38. The first-order valence-corrected chi connectivity index (χ1v) is 5.76. The molecule has 2 N–H and O–H groups in total. The van der Waals surface area contributed by atoms with Gasteiger partial charge in [-0.1, -0.05) is 23.2 Å². The van der Waals surface area contributed by atoms with Crippen LogP contribution in [0.1, 0.15) is 24.3 Å². The van der Waals surface area contributed by atoms with Crippen LogP contribution in [0.5, 0.6) is 0 Å². The smallest absolute Gasteiger partial charge is 0.0476 e. The normalized spacial score (nSPS) is 18.0. The second kappa shape index (κ2) is 4.60. The van der Waals surface area contributed by atoms with E-state index < -0.39 is 0 Å². The maximum Gasteiger partial charge on any atom is 0.0476 e. The first kappa shape index (κ1) is 11.1. The van der Waals surface area contributed by atoms with Crippen molar-refractivity contribution in [3.63, 3.8) is 0 Å². The first-order valence-electron chi connectivity index (χ1n) is 5.00. The number of nitrogens with two attached hydrogens (primary N) is 1. The molecule has 82 valence electrons. The predicted molar refractivity (Wildman–Crippen MR) is 63.7 cm³/mol. The standard InChI is InChI=1S/C11H13Cl2NO/c12-9-5-8(14)6-10(13)11(9)7-1-3-15-4-2-7/h5-7H,1-4,14H2. The fourth-order valence-corrected chi connectivity index (χ4v) is 2.79. The van der Waals surface area contributed by atoms with Gasteiger partial charge >= 0.3 is 0 Å². The van der Waals surface area contributed by atoms with Crippen LogP contribution >= 0.6 is 23.2 Å². The lowest BCUT2D eigenvalue weighted by Gasteiger charge is -2.24. The summed E-state index contributed by atoms with van der Waals surface area (Å²) in [6, 6.07) is 3.52. The molecule has 1 aliphatic heterocycles. The number of anilines is 1. The highest BCUT2D eigenvalue weighted by Gasteiger charge is 2.21. The largest absolute Gasteiger partial charge is 0.399 e. The van der Waals surface area contributed by atoms with Crippen molar-refractivity contribution < 1.29 is 4.74 Å². The fraction of sp³-hybridized carbons (Fsp3) is 0.455. The van der Waals surface area contributed by atoms with Gasteiger partial charge in [-0.25, -0.2) is 0 Å². The summed E-state index contributed by atoms with van der Waals surface area (Å²) in [5.41, 5.74) is 7.30. The van der Waals surface area contributed by atoms with Gasteiger partial charge in [0.25, 0.3) is 0 Å². The van der Waals surface area contributed by atoms with E-state index in [1.54, 1.807) is 12.1 Å². The van der Waals surface area contributed by atoms with Crippen molar-refractivity contribution in [3.05, 3.63) is 27.7 Å². The van der Waals surface area contributed by atoms with E-state index >= 15 is 0 Å². The lowest BCUT2D eigenvalue weighted by atomic mass is 9.91. The van der Waals surface area contributed by atoms with Crippen LogP contribution in [0, 0.1) is 0 Å². The Labute approximate surface area is 99.3 Å². The van der Waals surface area contributed by atoms with Crippen LogP contribution in [0.25, 0.3) is 0 Å². The molecule has 0 amide bonds. The maximum absolute atomic E-state index is 6.16. The minimum Gasteiger partial charge on any atom is -0.399 e. The van der Waals surface area contributed by atoms with Gasteiger partial charge in [-0.15, -0.1) is 0 Å². The van der Waals surface area contributed by atoms with E-state index in [4.69, 9.17) is 33.7 Å². The Kier molecular flexibility index (Phi) is 3.39. The SMILES string of the molecule is Nc1cc(Cl)c(C2CCOCC2)c(Cl)c1. The van der Waals surface area contributed by atoms with Crippen molar-refractivity contribution in [2.45, 2.75) is 18.8 Å². The number of hydrogen-bond donors (Lipinski definition) is 1. The van der Waals surface area contributed by atoms with Crippen molar-refractivity contribution >= 4 is 28.9 Å². The molecule has 4 heteroatoms. The third kappa shape index (κ3) is 2.39. The molecule has 0 atom stereocenters. The van der Waals surface area contributed by atoms with E-state index in [0.717, 1.165) is 31.6 Å². The molecule has 1 aromatic carbocycles. The molecule has 0 radical (unpaired) electrons. The third-order valence-electron chi connectivity index (χ3n) is 2.73. The second-order valence-electron chi connectivity index (χ2n) is 3.78. The summed E-state index contributed by atoms with van der Waals surface area (Å²) in [7, 11) is 0. The average molecular weight is 246 g/mol. The lowest BCUT2D eigenvalue weighted by Crippen LogP contribution is -2.14. The number of halogens is 2. The molecule has 0 aromatic heterocycles. The summed E-state index contributed by atoms with van der Waals surface area (Å²) in [6.45, 7) is 1.56. The van der Waals surface area contributed by atoms with Gasteiger partial charge in [-0.3, -0.25) is 0 Å². The molecule has 0 spiro atoms. The Hall–Kier alpha value is -0.440. The molecule has 0 aliphatic carbocycles. The van der Waals surface area contributed by atoms with Gasteiger partial charge in [-0.05, 0) is 36.5 Å². The van der Waals surface area contributed by atoms with Gasteiger partial charge in [0.2, 0.25) is 0 Å². The van der Waals surface area contributed by atoms with Gasteiger partial charge < -0.3 is 10.5 Å². The zero-order chi connectivity index (χ0) is 10.8. The van der Waals surface area contributed by atoms with Gasteiger partial charge in [0.1, 0.15) is 0 Å². The predicted octanol–water partition coefficient (Wildman–Crippen LogP) is 3.47. The van der Waals surface area contributed by atoms with E-state index in [0.29, 0.717) is 21.7 Å². The number of nitrogen functional groups attached to an aromatic ring is 1. The molecule has 1 aliphatic rings. The van der Waals surface area contributed by atoms with Crippen molar-refractivity contribution in [2.75, 3.05) is 18.9 Å². The summed E-state index contributed by atoms with van der Waals surface area (Å²) in [5.74, 6) is 0.402. The number of ether oxygens (including phenoxy) is 1. The average Bonchev–Trinajstić information content (AvgIpc) is 2.17. The molecule has 0 unspecified atom stereocenters. The maximum atomic E-state index is 6.16. The van der Waals surface area contributed by atoms with Gasteiger partial charge in [0, 0.05) is 28.9 Å². The Morgan fingerprint density at radius 3 is 2.20 bits per heavy atom. The van der Waals surface area contributed by atoms with Crippen molar-refractivity contribution in [1.82, 2.24) is 0 Å². The minimum absolute atomic E-state index is 0.402. The van der Waals surface area contributed by atoms with Crippen LogP contribution in [-0.4, -0.2) is 13.2 Å². The van der Waals surface area contributed by atoms with E-state index in [1.807, 2.05) is 0 Å². The molecule has 2 nitrogen and oxygen atoms in total. The van der Waals surface area contributed by atoms with Crippen LogP contribution in [0.3, 0.4) is 0 Å². The minimum atomic E-state index is 0.402. The van der Waals surface area contributed by atoms with Crippen LogP contribution < -0.4 is 5.73 Å². The molecule has 1 saturated heterocycles. The zero-order valence-electron chi connectivity index (χ0n) is 8.30. The number of rotatable bonds is 1. The molecular formula is C11H13Cl2NO. The monoisotopic (exact) mass is 245 g/mol. The van der Waals surface area contributed by atoms with Crippen LogP contribution in [0.4, 0.5) is 5.69 Å². The van der Waals surface area contributed by atoms with E-state index in [-0.39, 0.29) is 0 Å². The van der Waals surface area contributed by atoms with Gasteiger partial charge in [0.05, 0.1) is 0 Å². The van der Waals surface area contributed by atoms with Crippen molar-refractivity contribution in [3.8, 4) is 0 Å². The summed E-state index contributed by atoms with van der Waals surface area (Å²) in [4.78, 5) is 0. The Morgan fingerprint density at radius 2 is 1.67 bits per heavy atom. The Balaban J connectivity index is 2.33. The number of benzene rings is 1. The summed E-state index contributed by atoms with van der Waals surface area (Å²) in [5, 5.41) is 1.35. The summed E-state index contributed by atoms with van der Waals surface area (Å²) in [6.07, 6.45) is 1.95. The molecule has 2 rings (SSSR count). The summed E-state index contributed by atoms with van der Waals surface area (Å²) < 4.78 is 5.31. The van der Waals surface area contributed by atoms with Gasteiger partial charge in [0.15, 0.2) is 0 Å². The molecule has 1 heterocycles. The highest BCUT2D eigenvalue weighted by atomic mass is 35.5. The third-order valence-corrected chi connectivity index (χ3v) is 3.36. The molecule has 0 saturated carbocycles. The van der Waals surface area contributed by atoms with Gasteiger partial charge in [-0.2, -0.15) is 0 Å². The lowest BCUT2D eigenvalue weighted by molar-refractivity contribution is 0.0854. The second-order valence-corrected chi connectivity index (χ2v) is 4.60. The molecule has 0 bridgehead atoms.